The Morgan fingerprint density at radius 2 is 1.91 bits per heavy atom. The maximum absolute atomic E-state index is 10.8. The third-order valence-corrected chi connectivity index (χ3v) is 3.24. The van der Waals surface area contributed by atoms with Gasteiger partial charge in [0.05, 0.1) is 5.69 Å². The van der Waals surface area contributed by atoms with Crippen LogP contribution in [0.25, 0.3) is 5.69 Å². The lowest BCUT2D eigenvalue weighted by Crippen LogP contribution is -2.01. The van der Waals surface area contributed by atoms with Crippen LogP contribution in [0.5, 0.6) is 0 Å². The smallest absolute Gasteiger partial charge is 0.354 e. The first-order valence-electron chi connectivity index (χ1n) is 6.77. The van der Waals surface area contributed by atoms with E-state index in [-0.39, 0.29) is 5.69 Å². The average Bonchev–Trinajstić information content (AvgIpc) is 2.97. The van der Waals surface area contributed by atoms with E-state index in [1.807, 2.05) is 31.2 Å². The minimum Gasteiger partial charge on any atom is -0.477 e. The van der Waals surface area contributed by atoms with Crippen molar-refractivity contribution in [3.05, 3.63) is 71.6 Å². The van der Waals surface area contributed by atoms with Gasteiger partial charge in [-0.15, -0.1) is 0 Å². The van der Waals surface area contributed by atoms with Gasteiger partial charge in [0, 0.05) is 12.6 Å². The number of carboxylic acids is 1. The fraction of sp³-hybridized carbons (Fsp3) is 0.125. The number of aryl methyl sites for hydroxylation is 1. The molecule has 0 aliphatic carbocycles. The maximum atomic E-state index is 10.8. The zero-order chi connectivity index (χ0) is 15.5. The van der Waals surface area contributed by atoms with Crippen molar-refractivity contribution in [1.82, 2.24) is 19.7 Å². The number of rotatable bonds is 4. The van der Waals surface area contributed by atoms with Gasteiger partial charge in [-0.05, 0) is 30.7 Å². The molecule has 0 atom stereocenters. The minimum absolute atomic E-state index is 0.0295. The Kier molecular flexibility index (Phi) is 3.65. The standard InChI is InChI=1S/C16H14N4O2/c1-11-2-5-13(6-3-11)20-10-18-15(19-20)8-12-4-7-14(16(21)22)17-9-12/h2-7,9-10H,8H2,1H3,(H,21,22). The fourth-order valence-corrected chi connectivity index (χ4v) is 2.04. The van der Waals surface area contributed by atoms with Crippen molar-refractivity contribution in [3.8, 4) is 5.69 Å². The zero-order valence-electron chi connectivity index (χ0n) is 12.0. The van der Waals surface area contributed by atoms with E-state index in [1.54, 1.807) is 17.1 Å². The molecule has 110 valence electrons. The normalized spacial score (nSPS) is 10.6. The van der Waals surface area contributed by atoms with Crippen molar-refractivity contribution in [2.75, 3.05) is 0 Å². The Hall–Kier alpha value is -3.02. The van der Waals surface area contributed by atoms with Crippen molar-refractivity contribution in [2.24, 2.45) is 0 Å². The Balaban J connectivity index is 1.76. The van der Waals surface area contributed by atoms with E-state index in [9.17, 15) is 4.79 Å². The average molecular weight is 294 g/mol. The number of aromatic carboxylic acids is 1. The van der Waals surface area contributed by atoms with Crippen molar-refractivity contribution >= 4 is 5.97 Å². The van der Waals surface area contributed by atoms with E-state index in [0.29, 0.717) is 12.2 Å². The first-order chi connectivity index (χ1) is 10.6. The van der Waals surface area contributed by atoms with Gasteiger partial charge in [-0.25, -0.2) is 19.4 Å². The summed E-state index contributed by atoms with van der Waals surface area (Å²) >= 11 is 0. The van der Waals surface area contributed by atoms with Gasteiger partial charge in [0.25, 0.3) is 0 Å². The van der Waals surface area contributed by atoms with Crippen LogP contribution >= 0.6 is 0 Å². The summed E-state index contributed by atoms with van der Waals surface area (Å²) in [6, 6.07) is 11.2. The number of hydrogen-bond acceptors (Lipinski definition) is 4. The fourth-order valence-electron chi connectivity index (χ4n) is 2.04. The van der Waals surface area contributed by atoms with Crippen molar-refractivity contribution in [1.29, 1.82) is 0 Å². The highest BCUT2D eigenvalue weighted by Gasteiger charge is 2.07. The molecular weight excluding hydrogens is 280 g/mol. The molecule has 0 saturated heterocycles. The van der Waals surface area contributed by atoms with E-state index >= 15 is 0 Å². The largest absolute Gasteiger partial charge is 0.477 e. The van der Waals surface area contributed by atoms with Crippen molar-refractivity contribution in [2.45, 2.75) is 13.3 Å². The molecule has 2 heterocycles. The highest BCUT2D eigenvalue weighted by atomic mass is 16.4. The lowest BCUT2D eigenvalue weighted by Gasteiger charge is -2.00. The number of pyridine rings is 1. The predicted octanol–water partition coefficient (Wildman–Crippen LogP) is 2.26. The van der Waals surface area contributed by atoms with Gasteiger partial charge < -0.3 is 5.11 Å². The number of carboxylic acid groups (broad SMARTS) is 1. The molecule has 6 heteroatoms. The Bertz CT molecular complexity index is 792. The molecule has 0 aliphatic rings. The second kappa shape index (κ2) is 5.77. The number of hydrogen-bond donors (Lipinski definition) is 1. The summed E-state index contributed by atoms with van der Waals surface area (Å²) in [4.78, 5) is 18.9. The Morgan fingerprint density at radius 3 is 2.55 bits per heavy atom. The third-order valence-electron chi connectivity index (χ3n) is 3.24. The molecule has 6 nitrogen and oxygen atoms in total. The number of nitrogens with zero attached hydrogens (tertiary/aromatic N) is 4. The van der Waals surface area contributed by atoms with Crippen LogP contribution in [0.1, 0.15) is 27.4 Å². The molecule has 3 aromatic rings. The SMILES string of the molecule is Cc1ccc(-n2cnc(Cc3ccc(C(=O)O)nc3)n2)cc1. The molecule has 1 N–H and O–H groups in total. The van der Waals surface area contributed by atoms with E-state index < -0.39 is 5.97 Å². The van der Waals surface area contributed by atoms with Gasteiger partial charge in [0.1, 0.15) is 12.0 Å². The summed E-state index contributed by atoms with van der Waals surface area (Å²) in [7, 11) is 0. The van der Waals surface area contributed by atoms with Gasteiger partial charge in [-0.2, -0.15) is 5.10 Å². The predicted molar refractivity (Wildman–Crippen MR) is 80.1 cm³/mol. The summed E-state index contributed by atoms with van der Waals surface area (Å²) in [5, 5.41) is 13.2. The molecule has 0 bridgehead atoms. The van der Waals surface area contributed by atoms with E-state index in [1.165, 1.54) is 17.8 Å². The lowest BCUT2D eigenvalue weighted by molar-refractivity contribution is 0.0690. The molecular formula is C16H14N4O2. The van der Waals surface area contributed by atoms with E-state index in [4.69, 9.17) is 5.11 Å². The lowest BCUT2D eigenvalue weighted by atomic mass is 10.2. The Labute approximate surface area is 127 Å². The third kappa shape index (κ3) is 3.01. The van der Waals surface area contributed by atoms with Gasteiger partial charge in [0.15, 0.2) is 5.82 Å². The summed E-state index contributed by atoms with van der Waals surface area (Å²) in [6.45, 7) is 2.03. The van der Waals surface area contributed by atoms with E-state index in [2.05, 4.69) is 15.1 Å². The Morgan fingerprint density at radius 1 is 1.14 bits per heavy atom. The van der Waals surface area contributed by atoms with Crippen molar-refractivity contribution in [3.63, 3.8) is 0 Å². The van der Waals surface area contributed by atoms with Gasteiger partial charge in [-0.3, -0.25) is 0 Å². The quantitative estimate of drug-likeness (QED) is 0.798. The highest BCUT2D eigenvalue weighted by Crippen LogP contribution is 2.10. The topological polar surface area (TPSA) is 80.9 Å². The first kappa shape index (κ1) is 13.9. The van der Waals surface area contributed by atoms with Crippen LogP contribution < -0.4 is 0 Å². The van der Waals surface area contributed by atoms with Crippen molar-refractivity contribution < 1.29 is 9.90 Å². The molecule has 1 aromatic carbocycles. The van der Waals surface area contributed by atoms with E-state index in [0.717, 1.165) is 11.3 Å². The van der Waals surface area contributed by atoms with Gasteiger partial charge >= 0.3 is 5.97 Å². The van der Waals surface area contributed by atoms with Gasteiger partial charge in [0.2, 0.25) is 0 Å². The zero-order valence-corrected chi connectivity index (χ0v) is 12.0. The summed E-state index contributed by atoms with van der Waals surface area (Å²) in [5.41, 5.74) is 3.03. The molecule has 0 amide bonds. The van der Waals surface area contributed by atoms with Gasteiger partial charge in [-0.1, -0.05) is 23.8 Å². The molecule has 0 spiro atoms. The highest BCUT2D eigenvalue weighted by molar-refractivity contribution is 5.85. The molecule has 0 aliphatic heterocycles. The molecule has 2 aromatic heterocycles. The van der Waals surface area contributed by atoms with Crippen LogP contribution in [-0.2, 0) is 6.42 Å². The van der Waals surface area contributed by atoms with Crippen LogP contribution in [-0.4, -0.2) is 30.8 Å². The monoisotopic (exact) mass is 294 g/mol. The second-order valence-corrected chi connectivity index (χ2v) is 4.97. The van der Waals surface area contributed by atoms with Crippen LogP contribution in [0.15, 0.2) is 48.9 Å². The summed E-state index contributed by atoms with van der Waals surface area (Å²) in [5.74, 6) is -0.376. The second-order valence-electron chi connectivity index (χ2n) is 4.97. The van der Waals surface area contributed by atoms with Crippen LogP contribution in [0, 0.1) is 6.92 Å². The molecule has 0 fully saturated rings. The molecule has 0 unspecified atom stereocenters. The summed E-state index contributed by atoms with van der Waals surface area (Å²) in [6.07, 6.45) is 3.71. The first-order valence-corrected chi connectivity index (χ1v) is 6.77. The van der Waals surface area contributed by atoms with Crippen LogP contribution in [0.2, 0.25) is 0 Å². The molecule has 0 saturated carbocycles. The molecule has 22 heavy (non-hydrogen) atoms. The minimum atomic E-state index is -1.03. The van der Waals surface area contributed by atoms with Crippen LogP contribution in [0.3, 0.4) is 0 Å². The maximum Gasteiger partial charge on any atom is 0.354 e. The number of aromatic nitrogens is 4. The summed E-state index contributed by atoms with van der Waals surface area (Å²) < 4.78 is 1.72. The molecule has 3 rings (SSSR count). The number of carbonyl (C=O) groups is 1. The molecule has 0 radical (unpaired) electrons. The van der Waals surface area contributed by atoms with Crippen LogP contribution in [0.4, 0.5) is 0 Å². The number of benzene rings is 1.